The first-order valence-corrected chi connectivity index (χ1v) is 12.4. The number of nitrogens with one attached hydrogen (secondary N) is 1. The molecule has 9 nitrogen and oxygen atoms in total. The van der Waals surface area contributed by atoms with Gasteiger partial charge >= 0.3 is 0 Å². The minimum absolute atomic E-state index is 0.121. The number of anilines is 1. The summed E-state index contributed by atoms with van der Waals surface area (Å²) in [5.74, 6) is -1.06. The Morgan fingerprint density at radius 1 is 1.12 bits per heavy atom. The Bertz CT molecular complexity index is 1130. The van der Waals surface area contributed by atoms with Gasteiger partial charge in [-0.25, -0.2) is 12.8 Å². The average Bonchev–Trinajstić information content (AvgIpc) is 2.80. The number of hydrogen-bond acceptors (Lipinski definition) is 6. The number of sulfonamides is 1. The van der Waals surface area contributed by atoms with Crippen LogP contribution in [0.1, 0.15) is 19.4 Å². The lowest BCUT2D eigenvalue weighted by Crippen LogP contribution is -2.51. The van der Waals surface area contributed by atoms with Crippen molar-refractivity contribution in [3.05, 3.63) is 53.8 Å². The fourth-order valence-electron chi connectivity index (χ4n) is 3.30. The molecule has 0 fully saturated rings. The van der Waals surface area contributed by atoms with Crippen molar-refractivity contribution in [3.8, 4) is 11.5 Å². The van der Waals surface area contributed by atoms with Gasteiger partial charge in [0.05, 0.1) is 26.2 Å². The van der Waals surface area contributed by atoms with Gasteiger partial charge in [-0.15, -0.1) is 0 Å². The lowest BCUT2D eigenvalue weighted by atomic mass is 10.1. The Balaban J connectivity index is 2.47. The molecule has 34 heavy (non-hydrogen) atoms. The van der Waals surface area contributed by atoms with E-state index in [4.69, 9.17) is 9.47 Å². The van der Waals surface area contributed by atoms with Crippen LogP contribution in [-0.4, -0.2) is 64.7 Å². The molecule has 0 aromatic heterocycles. The van der Waals surface area contributed by atoms with E-state index >= 15 is 0 Å². The van der Waals surface area contributed by atoms with Crippen molar-refractivity contribution < 1.29 is 31.9 Å². The quantitative estimate of drug-likeness (QED) is 0.512. The number of hydrogen-bond donors (Lipinski definition) is 1. The summed E-state index contributed by atoms with van der Waals surface area (Å²) < 4.78 is 51.0. The van der Waals surface area contributed by atoms with Crippen molar-refractivity contribution in [3.63, 3.8) is 0 Å². The highest BCUT2D eigenvalue weighted by Gasteiger charge is 2.31. The van der Waals surface area contributed by atoms with E-state index in [2.05, 4.69) is 5.32 Å². The van der Waals surface area contributed by atoms with Crippen molar-refractivity contribution in [1.82, 2.24) is 10.2 Å². The largest absolute Gasteiger partial charge is 0.497 e. The van der Waals surface area contributed by atoms with Gasteiger partial charge in [0.25, 0.3) is 0 Å². The van der Waals surface area contributed by atoms with Crippen molar-refractivity contribution in [1.29, 1.82) is 0 Å². The van der Waals surface area contributed by atoms with Crippen LogP contribution in [-0.2, 0) is 26.2 Å². The highest BCUT2D eigenvalue weighted by molar-refractivity contribution is 7.92. The first-order valence-electron chi connectivity index (χ1n) is 10.5. The molecule has 0 radical (unpaired) electrons. The van der Waals surface area contributed by atoms with Crippen LogP contribution < -0.4 is 19.1 Å². The maximum atomic E-state index is 14.3. The highest BCUT2D eigenvalue weighted by atomic mass is 32.2. The summed E-state index contributed by atoms with van der Waals surface area (Å²) >= 11 is 0. The summed E-state index contributed by atoms with van der Waals surface area (Å²) in [7, 11) is -1.13. The molecule has 1 N–H and O–H groups in total. The molecule has 0 heterocycles. The van der Waals surface area contributed by atoms with Gasteiger partial charge in [0, 0.05) is 24.7 Å². The standard InChI is InChI=1S/C23H30FN3O6S/c1-6-25-23(29)16(2)26(14-17-9-7-8-10-19(17)24)22(28)15-27(34(5,30)31)20-12-11-18(32-3)13-21(20)33-4/h7-13,16H,6,14-15H2,1-5H3,(H,25,29)/t16-/m0/s1. The lowest BCUT2D eigenvalue weighted by Gasteiger charge is -2.31. The van der Waals surface area contributed by atoms with Gasteiger partial charge in [-0.2, -0.15) is 0 Å². The molecule has 0 aliphatic carbocycles. The number of likely N-dealkylation sites (N-methyl/N-ethyl adjacent to an activating group) is 1. The molecule has 0 aliphatic heterocycles. The van der Waals surface area contributed by atoms with Crippen LogP contribution in [0.2, 0.25) is 0 Å². The molecular weight excluding hydrogens is 465 g/mol. The number of nitrogens with zero attached hydrogens (tertiary/aromatic N) is 2. The number of rotatable bonds is 11. The molecule has 0 unspecified atom stereocenters. The Labute approximate surface area is 199 Å². The normalized spacial score (nSPS) is 11.9. The third-order valence-electron chi connectivity index (χ3n) is 5.15. The number of halogens is 1. The van der Waals surface area contributed by atoms with Crippen LogP contribution in [0.4, 0.5) is 10.1 Å². The van der Waals surface area contributed by atoms with Crippen LogP contribution >= 0.6 is 0 Å². The minimum atomic E-state index is -3.95. The molecular formula is C23H30FN3O6S. The second-order valence-corrected chi connectivity index (χ2v) is 9.40. The second kappa shape index (κ2) is 11.7. The zero-order valence-corrected chi connectivity index (χ0v) is 20.7. The fraction of sp³-hybridized carbons (Fsp3) is 0.391. The van der Waals surface area contributed by atoms with Gasteiger partial charge in [-0.3, -0.25) is 13.9 Å². The van der Waals surface area contributed by atoms with Gasteiger partial charge in [-0.05, 0) is 32.0 Å². The fourth-order valence-corrected chi connectivity index (χ4v) is 4.15. The van der Waals surface area contributed by atoms with E-state index in [1.165, 1.54) is 57.5 Å². The third kappa shape index (κ3) is 6.60. The predicted molar refractivity (Wildman–Crippen MR) is 127 cm³/mol. The maximum absolute atomic E-state index is 14.3. The Morgan fingerprint density at radius 2 is 1.79 bits per heavy atom. The van der Waals surface area contributed by atoms with Crippen molar-refractivity contribution in [2.24, 2.45) is 0 Å². The highest BCUT2D eigenvalue weighted by Crippen LogP contribution is 2.33. The summed E-state index contributed by atoms with van der Waals surface area (Å²) in [5, 5.41) is 2.63. The smallest absolute Gasteiger partial charge is 0.244 e. The molecule has 2 rings (SSSR count). The summed E-state index contributed by atoms with van der Waals surface area (Å²) in [6.45, 7) is 2.72. The van der Waals surface area contributed by atoms with E-state index in [-0.39, 0.29) is 23.5 Å². The Morgan fingerprint density at radius 3 is 2.35 bits per heavy atom. The summed E-state index contributed by atoms with van der Waals surface area (Å²) in [5.41, 5.74) is 0.315. The number of carbonyl (C=O) groups excluding carboxylic acids is 2. The van der Waals surface area contributed by atoms with Crippen LogP contribution in [0, 0.1) is 5.82 Å². The zero-order chi connectivity index (χ0) is 25.5. The van der Waals surface area contributed by atoms with Crippen LogP contribution in [0.15, 0.2) is 42.5 Å². The van der Waals surface area contributed by atoms with E-state index in [0.29, 0.717) is 12.3 Å². The molecule has 2 aromatic carbocycles. The maximum Gasteiger partial charge on any atom is 0.244 e. The topological polar surface area (TPSA) is 105 Å². The predicted octanol–water partition coefficient (Wildman–Crippen LogP) is 2.16. The number of benzene rings is 2. The van der Waals surface area contributed by atoms with Gasteiger partial charge in [-0.1, -0.05) is 18.2 Å². The molecule has 2 amide bonds. The summed E-state index contributed by atoms with van der Waals surface area (Å²) in [4.78, 5) is 27.1. The van der Waals surface area contributed by atoms with Crippen molar-refractivity contribution in [2.45, 2.75) is 26.4 Å². The molecule has 0 saturated heterocycles. The van der Waals surface area contributed by atoms with E-state index < -0.39 is 40.2 Å². The molecule has 0 spiro atoms. The number of methoxy groups -OCH3 is 2. The van der Waals surface area contributed by atoms with Gasteiger partial charge in [0.1, 0.15) is 29.9 Å². The molecule has 11 heteroatoms. The molecule has 0 saturated carbocycles. The van der Waals surface area contributed by atoms with Crippen molar-refractivity contribution in [2.75, 3.05) is 37.9 Å². The van der Waals surface area contributed by atoms with E-state index in [1.807, 2.05) is 0 Å². The van der Waals surface area contributed by atoms with Crippen LogP contribution in [0.5, 0.6) is 11.5 Å². The Kier molecular flexibility index (Phi) is 9.25. The van der Waals surface area contributed by atoms with E-state index in [0.717, 1.165) is 15.5 Å². The molecule has 186 valence electrons. The zero-order valence-electron chi connectivity index (χ0n) is 19.9. The first kappa shape index (κ1) is 26.9. The van der Waals surface area contributed by atoms with Gasteiger partial charge in [0.2, 0.25) is 21.8 Å². The SMILES string of the molecule is CCNC(=O)[C@H](C)N(Cc1ccccc1F)C(=O)CN(c1ccc(OC)cc1OC)S(C)(=O)=O. The van der Waals surface area contributed by atoms with Crippen molar-refractivity contribution >= 4 is 27.5 Å². The Hall–Kier alpha value is -3.34. The lowest BCUT2D eigenvalue weighted by molar-refractivity contribution is -0.139. The number of amides is 2. The number of carbonyl (C=O) groups is 2. The first-order chi connectivity index (χ1) is 16.0. The molecule has 0 bridgehead atoms. The van der Waals surface area contributed by atoms with Gasteiger partial charge in [0.15, 0.2) is 0 Å². The summed E-state index contributed by atoms with van der Waals surface area (Å²) in [6, 6.07) is 9.39. The molecule has 2 aromatic rings. The summed E-state index contributed by atoms with van der Waals surface area (Å²) in [6.07, 6.45) is 0.957. The monoisotopic (exact) mass is 495 g/mol. The second-order valence-electron chi connectivity index (χ2n) is 7.49. The van der Waals surface area contributed by atoms with Crippen LogP contribution in [0.25, 0.3) is 0 Å². The average molecular weight is 496 g/mol. The number of ether oxygens (including phenoxy) is 2. The van der Waals surface area contributed by atoms with E-state index in [1.54, 1.807) is 13.0 Å². The van der Waals surface area contributed by atoms with Crippen LogP contribution in [0.3, 0.4) is 0 Å². The molecule has 0 aliphatic rings. The van der Waals surface area contributed by atoms with E-state index in [9.17, 15) is 22.4 Å². The molecule has 1 atom stereocenters. The minimum Gasteiger partial charge on any atom is -0.497 e. The third-order valence-corrected chi connectivity index (χ3v) is 6.28. The van der Waals surface area contributed by atoms with Gasteiger partial charge < -0.3 is 19.7 Å².